The summed E-state index contributed by atoms with van der Waals surface area (Å²) >= 11 is 0. The van der Waals surface area contributed by atoms with Crippen LogP contribution >= 0.6 is 0 Å². The van der Waals surface area contributed by atoms with E-state index in [0.29, 0.717) is 35.8 Å². The molecule has 1 atom stereocenters. The van der Waals surface area contributed by atoms with E-state index in [1.165, 1.54) is 0 Å². The van der Waals surface area contributed by atoms with Gasteiger partial charge >= 0.3 is 51.4 Å². The van der Waals surface area contributed by atoms with Gasteiger partial charge in [0.05, 0.1) is 18.2 Å². The number of carboxylic acids is 1. The number of hydrogen-bond donors (Lipinski definition) is 0. The van der Waals surface area contributed by atoms with E-state index < -0.39 is 12.1 Å². The first kappa shape index (κ1) is 27.7. The van der Waals surface area contributed by atoms with Gasteiger partial charge in [-0.1, -0.05) is 25.5 Å². The molecule has 0 radical (unpaired) electrons. The van der Waals surface area contributed by atoms with Crippen LogP contribution in [0.2, 0.25) is 0 Å². The van der Waals surface area contributed by atoms with Gasteiger partial charge in [0.2, 0.25) is 0 Å². The number of rotatable bonds is 11. The molecule has 0 spiro atoms. The summed E-state index contributed by atoms with van der Waals surface area (Å²) in [5.74, 6) is 0.0190. The van der Waals surface area contributed by atoms with Crippen molar-refractivity contribution in [3.05, 3.63) is 51.7 Å². The van der Waals surface area contributed by atoms with Gasteiger partial charge in [-0.25, -0.2) is 4.98 Å². The van der Waals surface area contributed by atoms with Gasteiger partial charge in [0.15, 0.2) is 5.52 Å². The molecule has 0 aliphatic heterocycles. The molecule has 33 heavy (non-hydrogen) atoms. The SMILES string of the molecule is CCCc1nn(C)c2c(=O)n(CCOc3ccc(C[C@@H](OCC)C(=O)[O-])cc3)c(C)nc12.[K+]. The van der Waals surface area contributed by atoms with E-state index in [-0.39, 0.29) is 70.0 Å². The second kappa shape index (κ2) is 12.8. The molecule has 0 aliphatic carbocycles. The minimum absolute atomic E-state index is 0. The van der Waals surface area contributed by atoms with Crippen LogP contribution in [-0.2, 0) is 36.0 Å². The van der Waals surface area contributed by atoms with E-state index in [9.17, 15) is 14.7 Å². The fourth-order valence-electron chi connectivity index (χ4n) is 3.69. The van der Waals surface area contributed by atoms with Gasteiger partial charge in [-0.15, -0.1) is 0 Å². The molecule has 3 rings (SSSR count). The topological polar surface area (TPSA) is 111 Å². The van der Waals surface area contributed by atoms with Gasteiger partial charge in [-0.2, -0.15) is 5.10 Å². The first-order valence-corrected chi connectivity index (χ1v) is 10.8. The van der Waals surface area contributed by atoms with E-state index in [2.05, 4.69) is 17.0 Å². The van der Waals surface area contributed by atoms with Crippen molar-refractivity contribution >= 4 is 17.0 Å². The zero-order valence-electron chi connectivity index (χ0n) is 20.0. The first-order chi connectivity index (χ1) is 15.3. The number of carboxylic acid groups (broad SMARTS) is 1. The van der Waals surface area contributed by atoms with Crippen LogP contribution in [0.4, 0.5) is 0 Å². The Balaban J connectivity index is 0.00000385. The third kappa shape index (κ3) is 6.74. The maximum Gasteiger partial charge on any atom is 1.00 e. The summed E-state index contributed by atoms with van der Waals surface area (Å²) in [4.78, 5) is 28.8. The molecule has 1 aromatic carbocycles. The maximum atomic E-state index is 13.0. The quantitative estimate of drug-likeness (QED) is 0.297. The smallest absolute Gasteiger partial charge is 0.547 e. The molecule has 0 amide bonds. The number of hydrogen-bond acceptors (Lipinski definition) is 7. The van der Waals surface area contributed by atoms with Crippen LogP contribution in [0.1, 0.15) is 37.4 Å². The Morgan fingerprint density at radius 1 is 1.21 bits per heavy atom. The second-order valence-electron chi connectivity index (χ2n) is 7.59. The predicted octanol–water partition coefficient (Wildman–Crippen LogP) is -1.83. The molecule has 0 fully saturated rings. The normalized spacial score (nSPS) is 11.9. The number of ether oxygens (including phenoxy) is 2. The zero-order chi connectivity index (χ0) is 23.3. The van der Waals surface area contributed by atoms with Gasteiger partial charge in [0.25, 0.3) is 5.56 Å². The summed E-state index contributed by atoms with van der Waals surface area (Å²) in [5, 5.41) is 15.6. The molecule has 0 saturated heterocycles. The zero-order valence-corrected chi connectivity index (χ0v) is 23.1. The molecule has 0 unspecified atom stereocenters. The molecule has 0 bridgehead atoms. The summed E-state index contributed by atoms with van der Waals surface area (Å²) in [6.45, 7) is 6.56. The van der Waals surface area contributed by atoms with E-state index in [1.807, 2.05) is 6.92 Å². The monoisotopic (exact) mass is 480 g/mol. The molecule has 0 saturated carbocycles. The number of fused-ring (bicyclic) bond motifs is 1. The van der Waals surface area contributed by atoms with Crippen molar-refractivity contribution in [3.8, 4) is 5.75 Å². The molecule has 9 nitrogen and oxygen atoms in total. The first-order valence-electron chi connectivity index (χ1n) is 10.8. The van der Waals surface area contributed by atoms with Crippen molar-refractivity contribution in [1.29, 1.82) is 0 Å². The Morgan fingerprint density at radius 2 is 1.91 bits per heavy atom. The average Bonchev–Trinajstić information content (AvgIpc) is 3.06. The molecule has 2 aromatic heterocycles. The Kier molecular flexibility index (Phi) is 10.7. The number of aryl methyl sites for hydroxylation is 3. The number of carbonyl (C=O) groups is 1. The fourth-order valence-corrected chi connectivity index (χ4v) is 3.69. The van der Waals surface area contributed by atoms with Crippen molar-refractivity contribution in [1.82, 2.24) is 19.3 Å². The molecule has 0 aliphatic rings. The summed E-state index contributed by atoms with van der Waals surface area (Å²) in [6.07, 6.45) is 0.957. The maximum absolute atomic E-state index is 13.0. The van der Waals surface area contributed by atoms with Gasteiger partial charge in [0, 0.05) is 20.1 Å². The molecular weight excluding hydrogens is 451 g/mol. The van der Waals surface area contributed by atoms with Gasteiger partial charge in [-0.3, -0.25) is 14.0 Å². The van der Waals surface area contributed by atoms with Crippen molar-refractivity contribution < 1.29 is 70.8 Å². The predicted molar refractivity (Wildman–Crippen MR) is 118 cm³/mol. The van der Waals surface area contributed by atoms with Crippen LogP contribution in [0.25, 0.3) is 11.0 Å². The molecule has 2 heterocycles. The summed E-state index contributed by atoms with van der Waals surface area (Å²) in [7, 11) is 1.76. The van der Waals surface area contributed by atoms with Crippen molar-refractivity contribution in [2.75, 3.05) is 13.2 Å². The van der Waals surface area contributed by atoms with Crippen molar-refractivity contribution in [2.45, 2.75) is 52.7 Å². The van der Waals surface area contributed by atoms with Crippen LogP contribution in [-0.4, -0.2) is 44.6 Å². The third-order valence-corrected chi connectivity index (χ3v) is 5.25. The Bertz CT molecular complexity index is 1140. The molecule has 10 heteroatoms. The third-order valence-electron chi connectivity index (χ3n) is 5.25. The summed E-state index contributed by atoms with van der Waals surface area (Å²) < 4.78 is 14.2. The van der Waals surface area contributed by atoms with Gasteiger partial charge < -0.3 is 19.4 Å². The minimum atomic E-state index is -1.23. The van der Waals surface area contributed by atoms with Crippen LogP contribution in [0.3, 0.4) is 0 Å². The number of aliphatic carboxylic acids is 1. The van der Waals surface area contributed by atoms with Crippen LogP contribution in [0, 0.1) is 6.92 Å². The van der Waals surface area contributed by atoms with Gasteiger partial charge in [0.1, 0.15) is 29.8 Å². The van der Waals surface area contributed by atoms with E-state index in [1.54, 1.807) is 47.5 Å². The number of carbonyl (C=O) groups excluding carboxylic acids is 1. The Hall–Kier alpha value is -1.56. The average molecular weight is 481 g/mol. The summed E-state index contributed by atoms with van der Waals surface area (Å²) in [5.41, 5.74) is 2.69. The van der Waals surface area contributed by atoms with Crippen molar-refractivity contribution in [2.24, 2.45) is 7.05 Å². The second-order valence-corrected chi connectivity index (χ2v) is 7.59. The standard InChI is InChI=1S/C23H30N4O5.K/c1-5-7-18-20-21(26(4)25-18)22(28)27(15(3)24-20)12-13-32-17-10-8-16(9-11-17)14-19(23(29)30)31-6-2;/h8-11,19H,5-7,12-14H2,1-4H3,(H,29,30);/q;+1/p-1/t19-;/m1./s1. The van der Waals surface area contributed by atoms with E-state index in [0.717, 1.165) is 24.1 Å². The fraction of sp³-hybridized carbons (Fsp3) is 0.478. The molecule has 0 N–H and O–H groups in total. The Morgan fingerprint density at radius 3 is 2.52 bits per heavy atom. The van der Waals surface area contributed by atoms with Crippen LogP contribution in [0.15, 0.2) is 29.1 Å². The van der Waals surface area contributed by atoms with Crippen molar-refractivity contribution in [3.63, 3.8) is 0 Å². The van der Waals surface area contributed by atoms with E-state index in [4.69, 9.17) is 9.47 Å². The minimum Gasteiger partial charge on any atom is -0.547 e. The number of aromatic nitrogens is 4. The molecule has 172 valence electrons. The van der Waals surface area contributed by atoms with E-state index >= 15 is 0 Å². The number of benzene rings is 1. The molecule has 3 aromatic rings. The van der Waals surface area contributed by atoms with Crippen LogP contribution in [0.5, 0.6) is 5.75 Å². The largest absolute Gasteiger partial charge is 1.00 e. The molecular formula is C23H29KN4O5. The van der Waals surface area contributed by atoms with Crippen LogP contribution < -0.4 is 66.8 Å². The Labute approximate surface area is 235 Å². The summed E-state index contributed by atoms with van der Waals surface area (Å²) in [6, 6.07) is 7.12. The van der Waals surface area contributed by atoms with Gasteiger partial charge in [-0.05, 0) is 38.0 Å². The number of nitrogens with zero attached hydrogens (tertiary/aromatic N) is 4.